The second-order valence-corrected chi connectivity index (χ2v) is 21.7. The van der Waals surface area contributed by atoms with Gasteiger partial charge in [-0.1, -0.05) is 0 Å². The van der Waals surface area contributed by atoms with Crippen LogP contribution >= 0.6 is 0 Å². The number of rotatable bonds is 16. The molecule has 160 valence electrons. The third-order valence-corrected chi connectivity index (χ3v) is 20.4. The molecule has 0 aliphatic carbocycles. The van der Waals surface area contributed by atoms with Crippen LogP contribution in [0.15, 0.2) is 40.5 Å². The van der Waals surface area contributed by atoms with E-state index < -0.39 is 18.4 Å². The van der Waals surface area contributed by atoms with E-state index in [1.165, 1.54) is 57.4 Å². The van der Waals surface area contributed by atoms with Gasteiger partial charge < -0.3 is 0 Å². The van der Waals surface area contributed by atoms with E-state index in [0.717, 1.165) is 19.3 Å². The van der Waals surface area contributed by atoms with Gasteiger partial charge >= 0.3 is 180 Å². The van der Waals surface area contributed by atoms with Gasteiger partial charge in [0.25, 0.3) is 0 Å². The molecule has 2 atom stereocenters. The third kappa shape index (κ3) is 9.96. The number of hydrogen-bond donors (Lipinski definition) is 1. The molecule has 0 fully saturated rings. The fourth-order valence-corrected chi connectivity index (χ4v) is 18.7. The van der Waals surface area contributed by atoms with Crippen molar-refractivity contribution in [3.05, 3.63) is 46.1 Å². The zero-order valence-electron chi connectivity index (χ0n) is 19.1. The number of hydrogen-bond acceptors (Lipinski definition) is 1. The number of unbranched alkanes of at least 4 members (excludes halogenated alkanes) is 3. The Morgan fingerprint density at radius 2 is 1.39 bits per heavy atom. The van der Waals surface area contributed by atoms with E-state index >= 15 is 0 Å². The Bertz CT molecular complexity index is 489. The molecule has 0 aromatic heterocycles. The molecule has 1 nitrogen and oxygen atoms in total. The van der Waals surface area contributed by atoms with Gasteiger partial charge in [0.05, 0.1) is 0 Å². The van der Waals surface area contributed by atoms with Gasteiger partial charge in [-0.2, -0.15) is 0 Å². The zero-order valence-corrected chi connectivity index (χ0v) is 22.0. The molecule has 0 spiro atoms. The molecule has 0 aliphatic heterocycles. The summed E-state index contributed by atoms with van der Waals surface area (Å²) in [7, 11) is 0. The van der Waals surface area contributed by atoms with Crippen molar-refractivity contribution >= 4 is 18.4 Å². The molecule has 0 heterocycles. The van der Waals surface area contributed by atoms with Gasteiger partial charge in [0.2, 0.25) is 0 Å². The van der Waals surface area contributed by atoms with Gasteiger partial charge in [0.1, 0.15) is 0 Å². The summed E-state index contributed by atoms with van der Waals surface area (Å²) in [6.07, 6.45) is 13.3. The minimum atomic E-state index is -2.23. The Morgan fingerprint density at radius 1 is 0.857 bits per heavy atom. The van der Waals surface area contributed by atoms with Gasteiger partial charge in [-0.05, 0) is 0 Å². The fourth-order valence-electron chi connectivity index (χ4n) is 4.25. The Kier molecular flexibility index (Phi) is 14.3. The SMILES string of the molecule is CCC[CH2][Sn](/[CH]=C/[C@@H](CC)[C@H](O)CCc1ccccc1)([CH2]CCC)[CH2]CCC. The second kappa shape index (κ2) is 15.5. The first-order valence-corrected chi connectivity index (χ1v) is 19.7. The van der Waals surface area contributed by atoms with Crippen molar-refractivity contribution in [3.63, 3.8) is 0 Å². The predicted octanol–water partition coefficient (Wildman–Crippen LogP) is 7.95. The van der Waals surface area contributed by atoms with Gasteiger partial charge in [-0.25, -0.2) is 0 Å². The first-order chi connectivity index (χ1) is 13.6. The Hall–Kier alpha value is -0.281. The van der Waals surface area contributed by atoms with Crippen LogP contribution in [0.25, 0.3) is 0 Å². The summed E-state index contributed by atoms with van der Waals surface area (Å²) in [5.74, 6) is 0.324. The Balaban J connectivity index is 2.81. The first-order valence-electron chi connectivity index (χ1n) is 12.0. The maximum absolute atomic E-state index is 10.9. The molecule has 2 heteroatoms. The number of aryl methyl sites for hydroxylation is 1. The molecule has 1 aromatic rings. The molecule has 0 radical (unpaired) electrons. The van der Waals surface area contributed by atoms with Gasteiger partial charge in [0.15, 0.2) is 0 Å². The Morgan fingerprint density at radius 3 is 1.86 bits per heavy atom. The summed E-state index contributed by atoms with van der Waals surface area (Å²) < 4.78 is 7.28. The third-order valence-electron chi connectivity index (χ3n) is 6.32. The van der Waals surface area contributed by atoms with E-state index in [0.29, 0.717) is 5.92 Å². The van der Waals surface area contributed by atoms with Crippen LogP contribution in [-0.2, 0) is 6.42 Å². The molecule has 0 saturated carbocycles. The molecule has 28 heavy (non-hydrogen) atoms. The monoisotopic (exact) mass is 494 g/mol. The normalized spacial score (nSPS) is 14.5. The van der Waals surface area contributed by atoms with Crippen molar-refractivity contribution in [1.82, 2.24) is 0 Å². The summed E-state index contributed by atoms with van der Waals surface area (Å²) >= 11 is -2.23. The molecule has 1 aromatic carbocycles. The summed E-state index contributed by atoms with van der Waals surface area (Å²) in [4.78, 5) is 0. The molecule has 0 bridgehead atoms. The van der Waals surface area contributed by atoms with Gasteiger partial charge in [0, 0.05) is 0 Å². The predicted molar refractivity (Wildman–Crippen MR) is 129 cm³/mol. The topological polar surface area (TPSA) is 20.2 Å². The molecule has 1 rings (SSSR count). The van der Waals surface area contributed by atoms with Gasteiger partial charge in [-0.3, -0.25) is 0 Å². The fraction of sp³-hybridized carbons (Fsp3) is 0.692. The second-order valence-electron chi connectivity index (χ2n) is 8.70. The summed E-state index contributed by atoms with van der Waals surface area (Å²) in [5.41, 5.74) is 1.34. The number of aliphatic hydroxyl groups excluding tert-OH is 1. The minimum absolute atomic E-state index is 0.214. The van der Waals surface area contributed by atoms with Crippen molar-refractivity contribution in [2.75, 3.05) is 0 Å². The number of aliphatic hydroxyl groups is 1. The van der Waals surface area contributed by atoms with Crippen molar-refractivity contribution in [2.24, 2.45) is 5.92 Å². The molecule has 1 N–H and O–H groups in total. The molecule has 0 amide bonds. The first kappa shape index (κ1) is 25.8. The van der Waals surface area contributed by atoms with Crippen LogP contribution in [0.1, 0.15) is 84.6 Å². The van der Waals surface area contributed by atoms with Crippen LogP contribution in [0.2, 0.25) is 13.3 Å². The average Bonchev–Trinajstić information content (AvgIpc) is 2.74. The summed E-state index contributed by atoms with van der Waals surface area (Å²) in [6.45, 7) is 9.24. The maximum atomic E-state index is 10.9. The summed E-state index contributed by atoms with van der Waals surface area (Å²) in [5, 5.41) is 10.9. The van der Waals surface area contributed by atoms with E-state index in [1.807, 2.05) is 0 Å². The number of benzene rings is 1. The van der Waals surface area contributed by atoms with Crippen molar-refractivity contribution in [3.8, 4) is 0 Å². The molecule has 0 aliphatic rings. The average molecular weight is 493 g/mol. The van der Waals surface area contributed by atoms with Crippen LogP contribution < -0.4 is 0 Å². The van der Waals surface area contributed by atoms with Gasteiger partial charge in [-0.15, -0.1) is 0 Å². The van der Waals surface area contributed by atoms with Crippen molar-refractivity contribution in [2.45, 2.75) is 105 Å². The van der Waals surface area contributed by atoms with E-state index in [4.69, 9.17) is 0 Å². The molecular weight excluding hydrogens is 447 g/mol. The quantitative estimate of drug-likeness (QED) is 0.232. The van der Waals surface area contributed by atoms with Crippen molar-refractivity contribution in [1.29, 1.82) is 0 Å². The molecular formula is C26H46OSn. The van der Waals surface area contributed by atoms with Crippen LogP contribution in [0, 0.1) is 5.92 Å². The van der Waals surface area contributed by atoms with E-state index in [-0.39, 0.29) is 6.10 Å². The van der Waals surface area contributed by atoms with Crippen LogP contribution in [-0.4, -0.2) is 29.6 Å². The van der Waals surface area contributed by atoms with Crippen LogP contribution in [0.3, 0.4) is 0 Å². The molecule has 0 saturated heterocycles. The summed E-state index contributed by atoms with van der Waals surface area (Å²) in [6, 6.07) is 10.6. The van der Waals surface area contributed by atoms with E-state index in [2.05, 4.69) is 68.2 Å². The van der Waals surface area contributed by atoms with E-state index in [1.54, 1.807) is 0 Å². The Labute approximate surface area is 179 Å². The van der Waals surface area contributed by atoms with E-state index in [9.17, 15) is 5.11 Å². The molecule has 0 unspecified atom stereocenters. The zero-order chi connectivity index (χ0) is 20.7. The van der Waals surface area contributed by atoms with Crippen LogP contribution in [0.5, 0.6) is 0 Å². The van der Waals surface area contributed by atoms with Crippen molar-refractivity contribution < 1.29 is 5.11 Å². The van der Waals surface area contributed by atoms with Crippen LogP contribution in [0.4, 0.5) is 0 Å². The standard InChI is InChI=1S/C14H19O.3C4H9.Sn/c1-3-13(4-2)14(15)11-10-12-8-6-5-7-9-12;3*1-3-4-2;/h1,3,5-9,13-15H,4,10-11H2,2H3;3*1,3-4H2,2H3;/t13-,14+;;;;/m0..../s1.